The van der Waals surface area contributed by atoms with Gasteiger partial charge in [-0.15, -0.1) is 0 Å². The summed E-state index contributed by atoms with van der Waals surface area (Å²) in [6, 6.07) is 21.1. The van der Waals surface area contributed by atoms with Crippen LogP contribution in [-0.2, 0) is 4.74 Å². The predicted molar refractivity (Wildman–Crippen MR) is 117 cm³/mol. The zero-order valence-electron chi connectivity index (χ0n) is 15.2. The minimum absolute atomic E-state index is 0. The van der Waals surface area contributed by atoms with Gasteiger partial charge in [0.15, 0.2) is 5.78 Å². The molecule has 1 N–H and O–H groups in total. The van der Waals surface area contributed by atoms with Gasteiger partial charge in [0.05, 0.1) is 5.02 Å². The van der Waals surface area contributed by atoms with Crippen LogP contribution in [0.25, 0.3) is 11.1 Å². The van der Waals surface area contributed by atoms with Crippen molar-refractivity contribution >= 4 is 29.2 Å². The predicted octanol–water partition coefficient (Wildman–Crippen LogP) is 6.54. The number of rotatable bonds is 4. The lowest BCUT2D eigenvalue weighted by Gasteiger charge is -2.15. The smallest absolute Gasteiger partial charge is 0.411 e. The number of Topliss-reactive ketones (excluding diaryl/α,β-unsaturated/α-hetero) is 1. The Kier molecular flexibility index (Phi) is 6.04. The topological polar surface area (TPSA) is 55.4 Å². The molecule has 0 saturated carbocycles. The van der Waals surface area contributed by atoms with Gasteiger partial charge in [0.2, 0.25) is 0 Å². The molecule has 29 heavy (non-hydrogen) atoms. The van der Waals surface area contributed by atoms with E-state index in [4.69, 9.17) is 16.3 Å². The molecule has 5 heteroatoms. The molecule has 1 aliphatic carbocycles. The highest BCUT2D eigenvalue weighted by Gasteiger charge is 2.29. The third-order valence-electron chi connectivity index (χ3n) is 4.94. The highest BCUT2D eigenvalue weighted by Crippen LogP contribution is 2.44. The average molecular weight is 408 g/mol. The molecule has 148 valence electrons. The van der Waals surface area contributed by atoms with Gasteiger partial charge in [0.25, 0.3) is 0 Å². The number of halogens is 1. The van der Waals surface area contributed by atoms with Crippen LogP contribution >= 0.6 is 11.6 Å². The Hall–Kier alpha value is -3.11. The number of benzene rings is 3. The second-order valence-electron chi connectivity index (χ2n) is 6.70. The quantitative estimate of drug-likeness (QED) is 0.499. The van der Waals surface area contributed by atoms with E-state index in [1.807, 2.05) is 24.3 Å². The number of hydrogen-bond donors (Lipinski definition) is 1. The summed E-state index contributed by atoms with van der Waals surface area (Å²) < 4.78 is 5.50. The van der Waals surface area contributed by atoms with Crippen molar-refractivity contribution in [1.82, 2.24) is 0 Å². The summed E-state index contributed by atoms with van der Waals surface area (Å²) in [6.07, 6.45) is -0.562. The first kappa shape index (κ1) is 20.6. The van der Waals surface area contributed by atoms with Gasteiger partial charge in [-0.05, 0) is 47.4 Å². The van der Waals surface area contributed by atoms with Gasteiger partial charge in [-0.2, -0.15) is 0 Å². The first-order valence-corrected chi connectivity index (χ1v) is 9.35. The maximum atomic E-state index is 12.3. The van der Waals surface area contributed by atoms with Crippen LogP contribution in [0.1, 0.15) is 41.8 Å². The molecule has 3 aromatic carbocycles. The summed E-state index contributed by atoms with van der Waals surface area (Å²) in [4.78, 5) is 23.7. The minimum Gasteiger partial charge on any atom is -0.448 e. The van der Waals surface area contributed by atoms with Crippen molar-refractivity contribution in [2.45, 2.75) is 20.3 Å². The lowest BCUT2D eigenvalue weighted by atomic mass is 9.98. The van der Waals surface area contributed by atoms with Gasteiger partial charge < -0.3 is 4.74 Å². The van der Waals surface area contributed by atoms with E-state index in [2.05, 4.69) is 29.6 Å². The molecule has 0 atom stereocenters. The largest absolute Gasteiger partial charge is 0.448 e. The molecule has 0 unspecified atom stereocenters. The van der Waals surface area contributed by atoms with Gasteiger partial charge in [-0.3, -0.25) is 10.1 Å². The van der Waals surface area contributed by atoms with E-state index in [0.29, 0.717) is 16.3 Å². The molecule has 0 fully saturated rings. The van der Waals surface area contributed by atoms with Crippen LogP contribution in [0.5, 0.6) is 0 Å². The van der Waals surface area contributed by atoms with Crippen LogP contribution in [0.4, 0.5) is 10.5 Å². The Morgan fingerprint density at radius 1 is 0.966 bits per heavy atom. The molecule has 0 spiro atoms. The SMILES string of the molecule is C.CC(=O)c1ccc(NC(=O)OCC2c3ccccc3-c3ccccc32)cc1Cl. The van der Waals surface area contributed by atoms with Crippen LogP contribution in [-0.4, -0.2) is 18.5 Å². The van der Waals surface area contributed by atoms with E-state index < -0.39 is 6.09 Å². The first-order chi connectivity index (χ1) is 13.5. The summed E-state index contributed by atoms with van der Waals surface area (Å²) in [6.45, 7) is 1.68. The Balaban J connectivity index is 0.00000240. The standard InChI is InChI=1S/C23H18ClNO3.CH4/c1-14(26)16-11-10-15(12-22(16)24)25-23(27)28-13-21-19-8-4-2-6-17(19)18-7-3-5-9-20(18)21;/h2-12,21H,13H2,1H3,(H,25,27);1H4. The zero-order chi connectivity index (χ0) is 19.7. The van der Waals surface area contributed by atoms with Gasteiger partial charge in [-0.1, -0.05) is 67.6 Å². The van der Waals surface area contributed by atoms with Gasteiger partial charge >= 0.3 is 6.09 Å². The van der Waals surface area contributed by atoms with Crippen LogP contribution in [0.3, 0.4) is 0 Å². The van der Waals surface area contributed by atoms with E-state index in [0.717, 1.165) is 11.1 Å². The number of fused-ring (bicyclic) bond motifs is 3. The minimum atomic E-state index is -0.562. The highest BCUT2D eigenvalue weighted by atomic mass is 35.5. The fourth-order valence-corrected chi connectivity index (χ4v) is 3.94. The highest BCUT2D eigenvalue weighted by molar-refractivity contribution is 6.34. The number of carbonyl (C=O) groups excluding carboxylic acids is 2. The fraction of sp³-hybridized carbons (Fsp3) is 0.167. The first-order valence-electron chi connectivity index (χ1n) is 8.97. The second-order valence-corrected chi connectivity index (χ2v) is 7.11. The van der Waals surface area contributed by atoms with Gasteiger partial charge in [-0.25, -0.2) is 4.79 Å². The molecule has 0 radical (unpaired) electrons. The Morgan fingerprint density at radius 2 is 1.55 bits per heavy atom. The Morgan fingerprint density at radius 3 is 2.10 bits per heavy atom. The molecule has 0 saturated heterocycles. The summed E-state index contributed by atoms with van der Waals surface area (Å²) in [7, 11) is 0. The molecule has 0 aliphatic heterocycles. The van der Waals surface area contributed by atoms with Crippen LogP contribution in [0.2, 0.25) is 5.02 Å². The van der Waals surface area contributed by atoms with Crippen molar-refractivity contribution in [3.63, 3.8) is 0 Å². The lowest BCUT2D eigenvalue weighted by Crippen LogP contribution is -2.18. The van der Waals surface area contributed by atoms with E-state index in [9.17, 15) is 9.59 Å². The molecule has 3 aromatic rings. The summed E-state index contributed by atoms with van der Waals surface area (Å²) in [5.41, 5.74) is 5.57. The molecular formula is C24H22ClNO3. The fourth-order valence-electron chi connectivity index (χ4n) is 3.63. The summed E-state index contributed by atoms with van der Waals surface area (Å²) in [5, 5.41) is 2.96. The maximum Gasteiger partial charge on any atom is 0.411 e. The van der Waals surface area contributed by atoms with Gasteiger partial charge in [0.1, 0.15) is 6.61 Å². The van der Waals surface area contributed by atoms with Crippen molar-refractivity contribution in [1.29, 1.82) is 0 Å². The number of anilines is 1. The Labute approximate surface area is 175 Å². The normalized spacial score (nSPS) is 11.8. The van der Waals surface area contributed by atoms with E-state index in [1.165, 1.54) is 18.1 Å². The van der Waals surface area contributed by atoms with Crippen molar-refractivity contribution in [3.05, 3.63) is 88.4 Å². The number of hydrogen-bond acceptors (Lipinski definition) is 3. The van der Waals surface area contributed by atoms with Crippen LogP contribution in [0, 0.1) is 0 Å². The van der Waals surface area contributed by atoms with E-state index >= 15 is 0 Å². The summed E-state index contributed by atoms with van der Waals surface area (Å²) >= 11 is 6.09. The van der Waals surface area contributed by atoms with Crippen LogP contribution < -0.4 is 5.32 Å². The molecule has 1 amide bonds. The average Bonchev–Trinajstić information content (AvgIpc) is 3.00. The molecule has 0 aromatic heterocycles. The number of amides is 1. The Bertz CT molecular complexity index is 1030. The number of ketones is 1. The molecule has 0 heterocycles. The molecular weight excluding hydrogens is 386 g/mol. The van der Waals surface area contributed by atoms with Crippen molar-refractivity contribution < 1.29 is 14.3 Å². The second kappa shape index (κ2) is 8.50. The maximum absolute atomic E-state index is 12.3. The molecule has 1 aliphatic rings. The molecule has 4 rings (SSSR count). The third-order valence-corrected chi connectivity index (χ3v) is 5.25. The lowest BCUT2D eigenvalue weighted by molar-refractivity contribution is 0.101. The number of ether oxygens (including phenoxy) is 1. The summed E-state index contributed by atoms with van der Waals surface area (Å²) in [5.74, 6) is -0.125. The number of nitrogens with one attached hydrogen (secondary N) is 1. The zero-order valence-corrected chi connectivity index (χ0v) is 16.0. The number of carbonyl (C=O) groups is 2. The molecule has 0 bridgehead atoms. The van der Waals surface area contributed by atoms with E-state index in [-0.39, 0.29) is 25.7 Å². The molecule has 4 nitrogen and oxygen atoms in total. The third kappa shape index (κ3) is 4.03. The monoisotopic (exact) mass is 407 g/mol. The van der Waals surface area contributed by atoms with Crippen LogP contribution in [0.15, 0.2) is 66.7 Å². The van der Waals surface area contributed by atoms with E-state index in [1.54, 1.807) is 18.2 Å². The van der Waals surface area contributed by atoms with Gasteiger partial charge in [0, 0.05) is 17.2 Å². The van der Waals surface area contributed by atoms with Crippen molar-refractivity contribution in [2.24, 2.45) is 0 Å². The van der Waals surface area contributed by atoms with Crippen molar-refractivity contribution in [3.8, 4) is 11.1 Å². The van der Waals surface area contributed by atoms with Crippen molar-refractivity contribution in [2.75, 3.05) is 11.9 Å².